The van der Waals surface area contributed by atoms with Crippen molar-refractivity contribution < 1.29 is 4.79 Å². The number of carbonyl (C=O) groups excluding carboxylic acids is 1. The molecule has 0 unspecified atom stereocenters. The van der Waals surface area contributed by atoms with E-state index in [4.69, 9.17) is 5.26 Å². The molecule has 2 fully saturated rings. The summed E-state index contributed by atoms with van der Waals surface area (Å²) in [6.45, 7) is 3.83. The van der Waals surface area contributed by atoms with Gasteiger partial charge in [-0.2, -0.15) is 5.26 Å². The summed E-state index contributed by atoms with van der Waals surface area (Å²) in [6, 6.07) is 10.1. The molecule has 0 aromatic heterocycles. The third-order valence-electron chi connectivity index (χ3n) is 4.85. The number of para-hydroxylation sites is 1. The zero-order chi connectivity index (χ0) is 16.2. The van der Waals surface area contributed by atoms with Gasteiger partial charge >= 0.3 is 6.03 Å². The largest absolute Gasteiger partial charge is 0.324 e. The van der Waals surface area contributed by atoms with Gasteiger partial charge in [-0.15, -0.1) is 11.8 Å². The number of benzene rings is 1. The molecule has 1 aromatic rings. The summed E-state index contributed by atoms with van der Waals surface area (Å²) < 4.78 is 0. The average molecular weight is 329 g/mol. The molecule has 2 aliphatic rings. The van der Waals surface area contributed by atoms with Gasteiger partial charge < -0.3 is 10.2 Å². The van der Waals surface area contributed by atoms with E-state index in [1.165, 1.54) is 19.3 Å². The summed E-state index contributed by atoms with van der Waals surface area (Å²) >= 11 is 1.64. The van der Waals surface area contributed by atoms with Gasteiger partial charge in [0.2, 0.25) is 0 Å². The molecule has 1 aliphatic carbocycles. The first-order chi connectivity index (χ1) is 11.2. The Morgan fingerprint density at radius 3 is 2.78 bits per heavy atom. The van der Waals surface area contributed by atoms with Crippen LogP contribution in [0.4, 0.5) is 10.5 Å². The maximum absolute atomic E-state index is 12.6. The number of amides is 2. The van der Waals surface area contributed by atoms with Crippen LogP contribution in [-0.4, -0.2) is 29.3 Å². The second-order valence-corrected chi connectivity index (χ2v) is 8.05. The Hall–Kier alpha value is -1.67. The summed E-state index contributed by atoms with van der Waals surface area (Å²) in [6.07, 6.45) is 4.36. The maximum atomic E-state index is 12.6. The number of anilines is 1. The van der Waals surface area contributed by atoms with Crippen LogP contribution in [0, 0.1) is 23.2 Å². The van der Waals surface area contributed by atoms with Crippen LogP contribution < -0.4 is 5.32 Å². The highest BCUT2D eigenvalue weighted by molar-refractivity contribution is 8.00. The Bertz CT molecular complexity index is 601. The minimum absolute atomic E-state index is 0.0142. The second kappa shape index (κ2) is 7.27. The van der Waals surface area contributed by atoms with Crippen molar-refractivity contribution in [3.63, 3.8) is 0 Å². The molecule has 1 N–H and O–H groups in total. The van der Waals surface area contributed by atoms with Crippen molar-refractivity contribution in [2.75, 3.05) is 18.4 Å². The van der Waals surface area contributed by atoms with E-state index in [0.29, 0.717) is 18.3 Å². The molecule has 4 nitrogen and oxygen atoms in total. The van der Waals surface area contributed by atoms with Crippen LogP contribution in [0.2, 0.25) is 0 Å². The first-order valence-electron chi connectivity index (χ1n) is 8.36. The van der Waals surface area contributed by atoms with Crippen molar-refractivity contribution in [2.45, 2.75) is 42.8 Å². The fourth-order valence-electron chi connectivity index (χ4n) is 3.65. The Labute approximate surface area is 142 Å². The number of nitriles is 1. The molecular formula is C18H23N3OS. The highest BCUT2D eigenvalue weighted by Gasteiger charge is 2.38. The third-order valence-corrected chi connectivity index (χ3v) is 6.03. The quantitative estimate of drug-likeness (QED) is 0.836. The van der Waals surface area contributed by atoms with Gasteiger partial charge in [0.1, 0.15) is 0 Å². The third kappa shape index (κ3) is 3.81. The summed E-state index contributed by atoms with van der Waals surface area (Å²) in [5.41, 5.74) is 0.851. The lowest BCUT2D eigenvalue weighted by Gasteiger charge is -2.20. The van der Waals surface area contributed by atoms with E-state index in [0.717, 1.165) is 23.7 Å². The first kappa shape index (κ1) is 16.2. The smallest absolute Gasteiger partial charge is 0.321 e. The number of thioether (sulfide) groups is 1. The highest BCUT2D eigenvalue weighted by Crippen LogP contribution is 2.38. The molecule has 1 saturated carbocycles. The number of nitrogens with zero attached hydrogens (tertiary/aromatic N) is 2. The molecule has 1 saturated heterocycles. The van der Waals surface area contributed by atoms with Crippen LogP contribution in [0.15, 0.2) is 29.2 Å². The topological polar surface area (TPSA) is 56.1 Å². The zero-order valence-electron chi connectivity index (χ0n) is 13.5. The second-order valence-electron chi connectivity index (χ2n) is 6.57. The minimum atomic E-state index is 0.0142. The van der Waals surface area contributed by atoms with Crippen molar-refractivity contribution in [1.82, 2.24) is 4.90 Å². The molecule has 122 valence electrons. The van der Waals surface area contributed by atoms with Crippen LogP contribution in [0.5, 0.6) is 0 Å². The van der Waals surface area contributed by atoms with Gasteiger partial charge in [0, 0.05) is 29.7 Å². The summed E-state index contributed by atoms with van der Waals surface area (Å²) in [7, 11) is 0. The van der Waals surface area contributed by atoms with Crippen molar-refractivity contribution >= 4 is 23.5 Å². The minimum Gasteiger partial charge on any atom is -0.324 e. The molecule has 1 aromatic carbocycles. The van der Waals surface area contributed by atoms with E-state index in [9.17, 15) is 4.79 Å². The molecule has 0 radical (unpaired) electrons. The number of nitrogens with one attached hydrogen (secondary N) is 1. The molecule has 0 spiro atoms. The number of likely N-dealkylation sites (tertiary alicyclic amines) is 1. The normalized spacial score (nSPS) is 24.1. The number of hydrogen-bond donors (Lipinski definition) is 1. The molecule has 23 heavy (non-hydrogen) atoms. The fourth-order valence-corrected chi connectivity index (χ4v) is 4.65. The lowest BCUT2D eigenvalue weighted by molar-refractivity contribution is 0.219. The van der Waals surface area contributed by atoms with E-state index in [1.807, 2.05) is 36.1 Å². The van der Waals surface area contributed by atoms with Crippen molar-refractivity contribution in [3.05, 3.63) is 24.3 Å². The average Bonchev–Trinajstić information content (AvgIpc) is 3.11. The highest BCUT2D eigenvalue weighted by atomic mass is 32.2. The van der Waals surface area contributed by atoms with Gasteiger partial charge in [-0.25, -0.2) is 4.79 Å². The van der Waals surface area contributed by atoms with Crippen LogP contribution in [0.1, 0.15) is 32.6 Å². The molecule has 3 rings (SSSR count). The van der Waals surface area contributed by atoms with E-state index in [2.05, 4.69) is 11.4 Å². The van der Waals surface area contributed by atoms with Crippen LogP contribution in [-0.2, 0) is 0 Å². The predicted molar refractivity (Wildman–Crippen MR) is 93.4 cm³/mol. The van der Waals surface area contributed by atoms with Gasteiger partial charge in [-0.3, -0.25) is 0 Å². The van der Waals surface area contributed by atoms with E-state index < -0.39 is 0 Å². The van der Waals surface area contributed by atoms with Crippen LogP contribution >= 0.6 is 11.8 Å². The van der Waals surface area contributed by atoms with E-state index in [-0.39, 0.29) is 11.3 Å². The monoisotopic (exact) mass is 329 g/mol. The van der Waals surface area contributed by atoms with Crippen LogP contribution in [0.25, 0.3) is 0 Å². The Morgan fingerprint density at radius 2 is 2.09 bits per heavy atom. The van der Waals surface area contributed by atoms with E-state index in [1.54, 1.807) is 11.8 Å². The number of hydrogen-bond acceptors (Lipinski definition) is 3. The van der Waals surface area contributed by atoms with Crippen LogP contribution in [0.3, 0.4) is 0 Å². The van der Waals surface area contributed by atoms with Crippen molar-refractivity contribution in [2.24, 2.45) is 11.8 Å². The number of rotatable bonds is 4. The summed E-state index contributed by atoms with van der Waals surface area (Å²) in [5.74, 6) is 1.42. The fraction of sp³-hybridized carbons (Fsp3) is 0.556. The number of fused-ring (bicyclic) bond motifs is 1. The van der Waals surface area contributed by atoms with Crippen molar-refractivity contribution in [1.29, 1.82) is 5.26 Å². The molecule has 3 atom stereocenters. The summed E-state index contributed by atoms with van der Waals surface area (Å²) in [5, 5.41) is 12.1. The Morgan fingerprint density at radius 1 is 1.39 bits per heavy atom. The number of carbonyl (C=O) groups is 1. The lowest BCUT2D eigenvalue weighted by atomic mass is 10.0. The molecule has 2 amide bonds. The SMILES string of the molecule is C[C@H](CC#N)Sc1ccccc1NC(=O)N1C[C@@H]2CCC[C@H]2C1. The maximum Gasteiger partial charge on any atom is 0.321 e. The number of urea groups is 1. The summed E-state index contributed by atoms with van der Waals surface area (Å²) in [4.78, 5) is 15.6. The standard InChI is InChI=1S/C18H23N3OS/c1-13(9-10-19)23-17-8-3-2-7-16(17)20-18(22)21-11-14-5-4-6-15(14)12-21/h2-3,7-8,13-15H,4-6,9,11-12H2,1H3,(H,20,22)/t13-,14+,15+/m1/s1. The first-order valence-corrected chi connectivity index (χ1v) is 9.24. The molecular weight excluding hydrogens is 306 g/mol. The molecule has 1 aliphatic heterocycles. The van der Waals surface area contributed by atoms with Gasteiger partial charge in [0.05, 0.1) is 11.8 Å². The molecule has 1 heterocycles. The van der Waals surface area contributed by atoms with Crippen molar-refractivity contribution in [3.8, 4) is 6.07 Å². The van der Waals surface area contributed by atoms with E-state index >= 15 is 0 Å². The van der Waals surface area contributed by atoms with Gasteiger partial charge in [0.25, 0.3) is 0 Å². The lowest BCUT2D eigenvalue weighted by Crippen LogP contribution is -2.33. The van der Waals surface area contributed by atoms with Gasteiger partial charge in [0.15, 0.2) is 0 Å². The molecule has 5 heteroatoms. The van der Waals surface area contributed by atoms with Gasteiger partial charge in [-0.1, -0.05) is 25.5 Å². The van der Waals surface area contributed by atoms with Gasteiger partial charge in [-0.05, 0) is 36.8 Å². The Balaban J connectivity index is 1.63. The Kier molecular flexibility index (Phi) is 5.12. The molecule has 0 bridgehead atoms. The predicted octanol–water partition coefficient (Wildman–Crippen LogP) is 4.34. The zero-order valence-corrected chi connectivity index (χ0v) is 14.3.